The fraction of sp³-hybridized carbons (Fsp3) is 0.500. The van der Waals surface area contributed by atoms with Gasteiger partial charge in [-0.05, 0) is 49.3 Å². The van der Waals surface area contributed by atoms with Crippen LogP contribution in [-0.2, 0) is 9.59 Å². The van der Waals surface area contributed by atoms with Crippen LogP contribution in [0.3, 0.4) is 0 Å². The number of carbonyl (C=O) groups is 2. The van der Waals surface area contributed by atoms with E-state index in [1.54, 1.807) is 18.2 Å². The molecule has 0 saturated heterocycles. The van der Waals surface area contributed by atoms with Gasteiger partial charge in [0.15, 0.2) is 0 Å². The molecule has 1 amide bonds. The van der Waals surface area contributed by atoms with Crippen LogP contribution in [0.5, 0.6) is 5.75 Å². The summed E-state index contributed by atoms with van der Waals surface area (Å²) in [6.45, 7) is 0. The number of carboxylic acid groups (broad SMARTS) is 1. The lowest BCUT2D eigenvalue weighted by atomic mass is 9.78. The summed E-state index contributed by atoms with van der Waals surface area (Å²) in [7, 11) is 1.50. The molecule has 22 heavy (non-hydrogen) atoms. The van der Waals surface area contributed by atoms with E-state index in [1.807, 2.05) is 0 Å². The number of carbonyl (C=O) groups excluding carboxylic acids is 2. The van der Waals surface area contributed by atoms with E-state index in [9.17, 15) is 14.7 Å². The molecule has 4 atom stereocenters. The third-order valence-electron chi connectivity index (χ3n) is 4.91. The zero-order valence-electron chi connectivity index (χ0n) is 12.2. The molecule has 0 aromatic heterocycles. The van der Waals surface area contributed by atoms with E-state index in [0.29, 0.717) is 16.5 Å². The lowest BCUT2D eigenvalue weighted by Crippen LogP contribution is -2.44. The number of carboxylic acids is 1. The minimum atomic E-state index is -1.12. The van der Waals surface area contributed by atoms with E-state index in [2.05, 4.69) is 5.32 Å². The zero-order valence-corrected chi connectivity index (χ0v) is 12.9. The average molecular weight is 323 g/mol. The van der Waals surface area contributed by atoms with E-state index in [1.165, 1.54) is 7.11 Å². The largest absolute Gasteiger partial charge is 0.550 e. The molecule has 1 N–H and O–H groups in total. The molecule has 2 bridgehead atoms. The van der Waals surface area contributed by atoms with Crippen molar-refractivity contribution in [3.63, 3.8) is 0 Å². The van der Waals surface area contributed by atoms with Crippen molar-refractivity contribution in [1.29, 1.82) is 0 Å². The van der Waals surface area contributed by atoms with Gasteiger partial charge in [0.25, 0.3) is 0 Å². The summed E-state index contributed by atoms with van der Waals surface area (Å²) < 4.78 is 5.20. The Morgan fingerprint density at radius 3 is 2.59 bits per heavy atom. The third kappa shape index (κ3) is 2.54. The highest BCUT2D eigenvalue weighted by molar-refractivity contribution is 6.31. The molecule has 0 aliphatic heterocycles. The maximum Gasteiger partial charge on any atom is 0.228 e. The molecule has 5 nitrogen and oxygen atoms in total. The number of benzene rings is 1. The fourth-order valence-electron chi connectivity index (χ4n) is 4.00. The first-order valence-electron chi connectivity index (χ1n) is 7.36. The molecule has 2 aliphatic carbocycles. The first-order chi connectivity index (χ1) is 10.5. The van der Waals surface area contributed by atoms with E-state index < -0.39 is 17.8 Å². The van der Waals surface area contributed by atoms with Crippen LogP contribution in [0.15, 0.2) is 18.2 Å². The number of halogens is 1. The first kappa shape index (κ1) is 15.2. The summed E-state index contributed by atoms with van der Waals surface area (Å²) >= 11 is 5.95. The van der Waals surface area contributed by atoms with Crippen molar-refractivity contribution in [2.24, 2.45) is 23.7 Å². The van der Waals surface area contributed by atoms with Gasteiger partial charge in [0, 0.05) is 22.8 Å². The van der Waals surface area contributed by atoms with Crippen molar-refractivity contribution in [2.45, 2.75) is 19.3 Å². The number of aliphatic carboxylic acids is 1. The molecule has 0 unspecified atom stereocenters. The van der Waals surface area contributed by atoms with E-state index in [4.69, 9.17) is 16.3 Å². The molecule has 3 rings (SSSR count). The Hall–Kier alpha value is -1.75. The second-order valence-electron chi connectivity index (χ2n) is 6.04. The van der Waals surface area contributed by atoms with Crippen molar-refractivity contribution < 1.29 is 19.4 Å². The second-order valence-corrected chi connectivity index (χ2v) is 6.47. The standard InChI is InChI=1S/C16H18ClNO4/c1-22-12-5-4-10(17)7-11(12)18-15(19)13-8-2-3-9(6-8)14(13)16(20)21/h4-5,7-9,13-14H,2-3,6H2,1H3,(H,18,19)(H,20,21)/p-1/t8-,9-,13+,14-/m0/s1. The Morgan fingerprint density at radius 2 is 1.95 bits per heavy atom. The molecule has 1 aromatic rings. The topological polar surface area (TPSA) is 78.5 Å². The van der Waals surface area contributed by atoms with Crippen LogP contribution in [0.25, 0.3) is 0 Å². The summed E-state index contributed by atoms with van der Waals surface area (Å²) in [5.74, 6) is -1.96. The van der Waals surface area contributed by atoms with Gasteiger partial charge in [0.05, 0.1) is 12.8 Å². The zero-order chi connectivity index (χ0) is 15.9. The monoisotopic (exact) mass is 322 g/mol. The van der Waals surface area contributed by atoms with Crippen LogP contribution in [0.4, 0.5) is 5.69 Å². The highest BCUT2D eigenvalue weighted by Gasteiger charge is 2.51. The predicted octanol–water partition coefficient (Wildman–Crippen LogP) is 1.70. The molecule has 1 aromatic carbocycles. The smallest absolute Gasteiger partial charge is 0.228 e. The summed E-state index contributed by atoms with van der Waals surface area (Å²) in [5.41, 5.74) is 0.458. The van der Waals surface area contributed by atoms with Crippen LogP contribution in [0.1, 0.15) is 19.3 Å². The number of fused-ring (bicyclic) bond motifs is 2. The lowest BCUT2D eigenvalue weighted by molar-refractivity contribution is -0.314. The molecular formula is C16H17ClNO4-. The van der Waals surface area contributed by atoms with Gasteiger partial charge in [0.1, 0.15) is 5.75 Å². The van der Waals surface area contributed by atoms with Gasteiger partial charge in [0.2, 0.25) is 5.91 Å². The van der Waals surface area contributed by atoms with Crippen molar-refractivity contribution in [3.05, 3.63) is 23.2 Å². The third-order valence-corrected chi connectivity index (χ3v) is 5.15. The predicted molar refractivity (Wildman–Crippen MR) is 79.5 cm³/mol. The quantitative estimate of drug-likeness (QED) is 0.915. The van der Waals surface area contributed by atoms with Crippen molar-refractivity contribution in [2.75, 3.05) is 12.4 Å². The minimum absolute atomic E-state index is 0.0620. The van der Waals surface area contributed by atoms with Crippen LogP contribution in [-0.4, -0.2) is 19.0 Å². The van der Waals surface area contributed by atoms with Crippen LogP contribution in [0, 0.1) is 23.7 Å². The molecule has 0 heterocycles. The minimum Gasteiger partial charge on any atom is -0.550 e. The van der Waals surface area contributed by atoms with Gasteiger partial charge >= 0.3 is 0 Å². The summed E-state index contributed by atoms with van der Waals surface area (Å²) in [5, 5.41) is 14.6. The van der Waals surface area contributed by atoms with Crippen molar-refractivity contribution in [3.8, 4) is 5.75 Å². The highest BCUT2D eigenvalue weighted by Crippen LogP contribution is 2.52. The van der Waals surface area contributed by atoms with E-state index >= 15 is 0 Å². The number of amides is 1. The van der Waals surface area contributed by atoms with Gasteiger partial charge in [-0.15, -0.1) is 0 Å². The fourth-order valence-corrected chi connectivity index (χ4v) is 4.17. The van der Waals surface area contributed by atoms with Crippen molar-refractivity contribution >= 4 is 29.2 Å². The molecule has 2 fully saturated rings. The first-order valence-corrected chi connectivity index (χ1v) is 7.74. The summed E-state index contributed by atoms with van der Waals surface area (Å²) in [6, 6.07) is 4.92. The number of hydrogen-bond acceptors (Lipinski definition) is 4. The molecule has 0 spiro atoms. The van der Waals surface area contributed by atoms with Crippen molar-refractivity contribution in [1.82, 2.24) is 0 Å². The van der Waals surface area contributed by atoms with Gasteiger partial charge in [-0.2, -0.15) is 0 Å². The lowest BCUT2D eigenvalue weighted by Gasteiger charge is -2.30. The molecule has 118 valence electrons. The number of nitrogens with one attached hydrogen (secondary N) is 1. The van der Waals surface area contributed by atoms with Gasteiger partial charge in [-0.3, -0.25) is 4.79 Å². The Bertz CT molecular complexity index is 618. The van der Waals surface area contributed by atoms with Crippen LogP contribution in [0.2, 0.25) is 5.02 Å². The summed E-state index contributed by atoms with van der Waals surface area (Å²) in [6.07, 6.45) is 2.57. The van der Waals surface area contributed by atoms with Gasteiger partial charge in [-0.25, -0.2) is 0 Å². The number of ether oxygens (including phenoxy) is 1. The average Bonchev–Trinajstić information content (AvgIpc) is 3.08. The molecule has 2 aliphatic rings. The molecule has 0 radical (unpaired) electrons. The Balaban J connectivity index is 1.82. The number of methoxy groups -OCH3 is 1. The molecule has 2 saturated carbocycles. The highest BCUT2D eigenvalue weighted by atomic mass is 35.5. The normalized spacial score (nSPS) is 29.4. The SMILES string of the molecule is COc1ccc(Cl)cc1NC(=O)[C@@H]1[C@H]2CC[C@@H](C2)[C@@H]1C(=O)[O-]. The maximum absolute atomic E-state index is 12.6. The number of rotatable bonds is 4. The Kier molecular flexibility index (Phi) is 4.00. The van der Waals surface area contributed by atoms with Gasteiger partial charge < -0.3 is 20.0 Å². The summed E-state index contributed by atoms with van der Waals surface area (Å²) in [4.78, 5) is 24.0. The van der Waals surface area contributed by atoms with Crippen LogP contribution >= 0.6 is 11.6 Å². The second kappa shape index (κ2) is 5.80. The molecular weight excluding hydrogens is 306 g/mol. The Morgan fingerprint density at radius 1 is 1.27 bits per heavy atom. The maximum atomic E-state index is 12.6. The van der Waals surface area contributed by atoms with E-state index in [-0.39, 0.29) is 17.7 Å². The van der Waals surface area contributed by atoms with E-state index in [0.717, 1.165) is 19.3 Å². The number of anilines is 1. The molecule has 6 heteroatoms. The van der Waals surface area contributed by atoms with Gasteiger partial charge in [-0.1, -0.05) is 11.6 Å². The Labute approximate surface area is 133 Å². The number of hydrogen-bond donors (Lipinski definition) is 1. The van der Waals surface area contributed by atoms with Crippen LogP contribution < -0.4 is 15.2 Å².